The van der Waals surface area contributed by atoms with E-state index in [4.69, 9.17) is 23.7 Å². The Morgan fingerprint density at radius 1 is 0.877 bits per heavy atom. The van der Waals surface area contributed by atoms with Crippen LogP contribution in [0.2, 0.25) is 0 Å². The molecule has 4 aliphatic rings. The fourth-order valence-electron chi connectivity index (χ4n) is 10.7. The first-order chi connectivity index (χ1) is 31.0. The average molecular weight is 904 g/mol. The maximum absolute atomic E-state index is 14.5. The molecule has 6 rings (SSSR count). The molecule has 14 atom stereocenters. The van der Waals surface area contributed by atoms with Crippen LogP contribution in [0.5, 0.6) is 5.75 Å². The molecule has 0 spiro atoms. The molecule has 13 heteroatoms. The number of aliphatic hydroxyl groups is 3. The maximum Gasteiger partial charge on any atom is 0.329 e. The van der Waals surface area contributed by atoms with Crippen molar-refractivity contribution in [2.24, 2.45) is 29.6 Å². The third-order valence-corrected chi connectivity index (χ3v) is 14.6. The number of methoxy groups -OCH3 is 2. The van der Waals surface area contributed by atoms with Crippen molar-refractivity contribution in [3.8, 4) is 5.75 Å². The van der Waals surface area contributed by atoms with Crippen LogP contribution in [0.1, 0.15) is 112 Å². The Labute approximate surface area is 384 Å². The van der Waals surface area contributed by atoms with Crippen LogP contribution < -0.4 is 4.74 Å². The second-order valence-electron chi connectivity index (χ2n) is 19.5. The summed E-state index contributed by atoms with van der Waals surface area (Å²) in [5, 5.41) is 37.4. The van der Waals surface area contributed by atoms with Crippen LogP contribution in [0.25, 0.3) is 10.8 Å². The minimum absolute atomic E-state index is 0.0236. The molecule has 0 aromatic heterocycles. The number of nitrogens with zero attached hydrogens (tertiary/aromatic N) is 1. The number of benzene rings is 2. The van der Waals surface area contributed by atoms with Gasteiger partial charge in [-0.3, -0.25) is 14.4 Å². The van der Waals surface area contributed by atoms with Crippen LogP contribution in [0.3, 0.4) is 0 Å². The van der Waals surface area contributed by atoms with Gasteiger partial charge in [-0.15, -0.1) is 0 Å². The molecule has 0 radical (unpaired) electrons. The summed E-state index contributed by atoms with van der Waals surface area (Å²) in [6.07, 6.45) is 3.10. The highest BCUT2D eigenvalue weighted by atomic mass is 16.7. The van der Waals surface area contributed by atoms with E-state index in [1.165, 1.54) is 19.1 Å². The molecule has 3 N–H and O–H groups in total. The molecule has 2 aromatic carbocycles. The van der Waals surface area contributed by atoms with Gasteiger partial charge < -0.3 is 43.9 Å². The van der Waals surface area contributed by atoms with Crippen molar-refractivity contribution in [1.82, 2.24) is 4.90 Å². The van der Waals surface area contributed by atoms with Gasteiger partial charge in [0.25, 0.3) is 11.7 Å². The number of piperidine rings is 1. The molecule has 65 heavy (non-hydrogen) atoms. The van der Waals surface area contributed by atoms with Gasteiger partial charge in [-0.05, 0) is 118 Å². The fraction of sp³-hybridized carbons (Fsp3) is 0.654. The van der Waals surface area contributed by atoms with Gasteiger partial charge >= 0.3 is 5.97 Å². The van der Waals surface area contributed by atoms with Crippen LogP contribution >= 0.6 is 0 Å². The molecule has 13 nitrogen and oxygen atoms in total. The molecule has 3 heterocycles. The lowest BCUT2D eigenvalue weighted by Gasteiger charge is -2.47. The van der Waals surface area contributed by atoms with Gasteiger partial charge in [-0.1, -0.05) is 75.8 Å². The van der Waals surface area contributed by atoms with Crippen molar-refractivity contribution in [3.63, 3.8) is 0 Å². The van der Waals surface area contributed by atoms with E-state index in [0.717, 1.165) is 16.3 Å². The van der Waals surface area contributed by atoms with Crippen LogP contribution in [0.4, 0.5) is 0 Å². The molecule has 3 aliphatic heterocycles. The molecule has 3 fully saturated rings. The summed E-state index contributed by atoms with van der Waals surface area (Å²) in [6.45, 7) is 11.2. The third kappa shape index (κ3) is 11.8. The number of fused-ring (bicyclic) bond motifs is 4. The summed E-state index contributed by atoms with van der Waals surface area (Å²) < 4.78 is 30.7. The number of allylic oxidation sites excluding steroid dienone is 3. The van der Waals surface area contributed by atoms with Gasteiger partial charge in [-0.25, -0.2) is 4.79 Å². The third-order valence-electron chi connectivity index (χ3n) is 14.6. The number of carbonyl (C=O) groups is 4. The quantitative estimate of drug-likeness (QED) is 0.147. The number of carbonyl (C=O) groups excluding carboxylic acids is 4. The van der Waals surface area contributed by atoms with E-state index in [2.05, 4.69) is 6.92 Å². The van der Waals surface area contributed by atoms with Crippen molar-refractivity contribution in [2.45, 2.75) is 167 Å². The van der Waals surface area contributed by atoms with Gasteiger partial charge in [0.15, 0.2) is 0 Å². The molecule has 1 amide bonds. The minimum atomic E-state index is -2.52. The highest BCUT2D eigenvalue weighted by molar-refractivity contribution is 6.39. The van der Waals surface area contributed by atoms with Crippen LogP contribution in [-0.4, -0.2) is 119 Å². The smallest absolute Gasteiger partial charge is 0.329 e. The van der Waals surface area contributed by atoms with E-state index in [1.54, 1.807) is 13.8 Å². The van der Waals surface area contributed by atoms with E-state index in [1.807, 2.05) is 75.4 Å². The lowest BCUT2D eigenvalue weighted by molar-refractivity contribution is -0.302. The number of cyclic esters (lactones) is 1. The largest absolute Gasteiger partial charge is 0.488 e. The number of ether oxygens (including phenoxy) is 5. The molecule has 1 aliphatic carbocycles. The zero-order valence-corrected chi connectivity index (χ0v) is 39.7. The Morgan fingerprint density at radius 2 is 1.58 bits per heavy atom. The highest BCUT2D eigenvalue weighted by Crippen LogP contribution is 2.39. The first-order valence-electron chi connectivity index (χ1n) is 23.9. The number of esters is 1. The predicted octanol–water partition coefficient (Wildman–Crippen LogP) is 7.06. The zero-order chi connectivity index (χ0) is 47.2. The van der Waals surface area contributed by atoms with Gasteiger partial charge in [0, 0.05) is 44.9 Å². The Morgan fingerprint density at radius 3 is 2.28 bits per heavy atom. The number of aliphatic hydroxyl groups excluding tert-OH is 2. The Bertz CT molecular complexity index is 2050. The van der Waals surface area contributed by atoms with Gasteiger partial charge in [0.1, 0.15) is 35.9 Å². The summed E-state index contributed by atoms with van der Waals surface area (Å²) in [5.41, 5.74) is 1.62. The minimum Gasteiger partial charge on any atom is -0.488 e. The van der Waals surface area contributed by atoms with Gasteiger partial charge in [0.05, 0.1) is 24.4 Å². The van der Waals surface area contributed by atoms with E-state index < -0.39 is 90.0 Å². The van der Waals surface area contributed by atoms with Crippen molar-refractivity contribution in [3.05, 3.63) is 65.8 Å². The summed E-state index contributed by atoms with van der Waals surface area (Å²) in [5.74, 6) is -7.07. The number of Topliss-reactive ketones (excluding diaryl/α,β-unsaturated/α-hetero) is 2. The van der Waals surface area contributed by atoms with Crippen molar-refractivity contribution in [2.75, 3.05) is 20.8 Å². The molecule has 2 saturated heterocycles. The fourth-order valence-corrected chi connectivity index (χ4v) is 10.7. The second-order valence-corrected chi connectivity index (χ2v) is 19.5. The monoisotopic (exact) mass is 904 g/mol. The maximum atomic E-state index is 14.5. The number of hydrogen-bond donors (Lipinski definition) is 3. The topological polar surface area (TPSA) is 178 Å². The molecule has 2 aromatic rings. The lowest BCUT2D eigenvalue weighted by Crippen LogP contribution is -2.64. The summed E-state index contributed by atoms with van der Waals surface area (Å²) in [4.78, 5) is 58.3. The number of ketones is 2. The first kappa shape index (κ1) is 50.4. The van der Waals surface area contributed by atoms with Gasteiger partial charge in [0.2, 0.25) is 5.79 Å². The Balaban J connectivity index is 1.29. The van der Waals surface area contributed by atoms with Gasteiger partial charge in [-0.2, -0.15) is 0 Å². The summed E-state index contributed by atoms with van der Waals surface area (Å²) in [7, 11) is 3.07. The first-order valence-corrected chi connectivity index (χ1v) is 23.9. The summed E-state index contributed by atoms with van der Waals surface area (Å²) >= 11 is 0. The van der Waals surface area contributed by atoms with Crippen molar-refractivity contribution >= 4 is 34.2 Å². The zero-order valence-electron chi connectivity index (χ0n) is 39.7. The molecule has 2 bridgehead atoms. The number of rotatable bonds is 7. The second kappa shape index (κ2) is 22.2. The lowest BCUT2D eigenvalue weighted by atomic mass is 9.81. The molecular formula is C52H73NO12. The Hall–Kier alpha value is -3.98. The van der Waals surface area contributed by atoms with E-state index >= 15 is 0 Å². The Kier molecular flexibility index (Phi) is 17.2. The predicted molar refractivity (Wildman–Crippen MR) is 246 cm³/mol. The molecule has 1 saturated carbocycles. The van der Waals surface area contributed by atoms with Crippen LogP contribution in [0.15, 0.2) is 65.8 Å². The standard InChI is InChI=1S/C52H73NO12/c1-9-36-23-30(2)22-31(3)24-45(61-7)48-46(62-8)26-33(5)52(60,65-48)49(57)50(58)53-21-13-12-16-40(53)51(59)64-47(34(6)41(54)29-42(36)55)32(4)25-35-17-20-44(43(56)27-35)63-39-19-18-37-14-10-11-15-38(37)28-39/h10-11,14-15,18-19,23,25,28,31,33-36,40-41,43-48,54,56,60H,9,12-13,16-17,20-22,24,26-27,29H2,1-8H3/b30-23+,32-25+/t31-,33+,34+,35-,36+,40-,41-,43+,44+,45-,46-,47+,48+,52+/m0/s1. The normalized spacial score (nSPS) is 37.4. The van der Waals surface area contributed by atoms with E-state index in [0.29, 0.717) is 62.7 Å². The average Bonchev–Trinajstić information content (AvgIpc) is 3.29. The number of hydrogen-bond acceptors (Lipinski definition) is 12. The van der Waals surface area contributed by atoms with Crippen LogP contribution in [-0.2, 0) is 38.1 Å². The summed E-state index contributed by atoms with van der Waals surface area (Å²) in [6, 6.07) is 12.7. The van der Waals surface area contributed by atoms with E-state index in [9.17, 15) is 34.5 Å². The number of amides is 1. The van der Waals surface area contributed by atoms with Crippen molar-refractivity contribution < 1.29 is 58.2 Å². The highest BCUT2D eigenvalue weighted by Gasteiger charge is 2.56. The SMILES string of the molecule is CC[C@@H]1/C=C(\C)C[C@H](C)C[C@H](OC)[C@H]2O[C@@](O)(C(=O)C(=O)N3CCCC[C@H]3C(=O)O[C@H](/C(C)=C/[C@@H]3CC[C@@H](Oc4ccc5ccccc5c4)[C@H](O)C3)[C@H](C)[C@@H](O)CC1=O)[C@H](C)C[C@@H]2OC. The molecule has 0 unspecified atom stereocenters. The molecule has 358 valence electrons. The van der Waals surface area contributed by atoms with Crippen LogP contribution in [0, 0.1) is 29.6 Å². The molecular weight excluding hydrogens is 831 g/mol. The van der Waals surface area contributed by atoms with E-state index in [-0.39, 0.29) is 43.4 Å². The van der Waals surface area contributed by atoms with Crippen molar-refractivity contribution in [1.29, 1.82) is 0 Å².